The van der Waals surface area contributed by atoms with E-state index < -0.39 is 23.9 Å². The van der Waals surface area contributed by atoms with Gasteiger partial charge in [-0.25, -0.2) is 4.98 Å². The van der Waals surface area contributed by atoms with Crippen molar-refractivity contribution < 1.29 is 18.3 Å². The third-order valence-corrected chi connectivity index (χ3v) is 2.69. The summed E-state index contributed by atoms with van der Waals surface area (Å²) >= 11 is 0. The van der Waals surface area contributed by atoms with E-state index in [0.29, 0.717) is 0 Å². The number of nitrogens with zero attached hydrogens (tertiary/aromatic N) is 2. The second-order valence-electron chi connectivity index (χ2n) is 4.28. The molecule has 1 saturated carbocycles. The molecule has 0 radical (unpaired) electrons. The van der Waals surface area contributed by atoms with Gasteiger partial charge in [-0.1, -0.05) is 0 Å². The fourth-order valence-electron chi connectivity index (χ4n) is 1.56. The molecule has 2 rings (SSSR count). The molecule has 1 aromatic rings. The van der Waals surface area contributed by atoms with E-state index in [0.717, 1.165) is 18.9 Å². The van der Waals surface area contributed by atoms with Crippen molar-refractivity contribution in [2.24, 2.45) is 5.92 Å². The van der Waals surface area contributed by atoms with Crippen molar-refractivity contribution in [1.29, 1.82) is 0 Å². The van der Waals surface area contributed by atoms with Crippen LogP contribution in [0.5, 0.6) is 0 Å². The van der Waals surface area contributed by atoms with Crippen LogP contribution in [0.25, 0.3) is 0 Å². The molecule has 1 fully saturated rings. The second-order valence-corrected chi connectivity index (χ2v) is 4.28. The van der Waals surface area contributed by atoms with Gasteiger partial charge in [-0.2, -0.15) is 18.2 Å². The maximum atomic E-state index is 12.5. The van der Waals surface area contributed by atoms with Gasteiger partial charge in [0.1, 0.15) is 5.82 Å². The third-order valence-electron chi connectivity index (χ3n) is 2.69. The minimum atomic E-state index is -4.57. The lowest BCUT2D eigenvalue weighted by molar-refractivity contribution is -0.141. The normalized spacial score (nSPS) is 17.6. The van der Waals surface area contributed by atoms with E-state index in [1.807, 2.05) is 0 Å². The molecule has 0 spiro atoms. The highest BCUT2D eigenvalue weighted by molar-refractivity contribution is 5.41. The molecule has 0 saturated heterocycles. The van der Waals surface area contributed by atoms with Gasteiger partial charge in [-0.05, 0) is 18.8 Å². The Morgan fingerprint density at radius 1 is 1.44 bits per heavy atom. The van der Waals surface area contributed by atoms with Gasteiger partial charge < -0.3 is 16.2 Å². The number of halogens is 3. The van der Waals surface area contributed by atoms with Crippen LogP contribution in [-0.4, -0.2) is 27.7 Å². The fraction of sp³-hybridized carbons (Fsp3) is 0.600. The van der Waals surface area contributed by atoms with Crippen LogP contribution in [0.1, 0.15) is 18.5 Å². The van der Waals surface area contributed by atoms with Gasteiger partial charge in [-0.15, -0.1) is 0 Å². The topological polar surface area (TPSA) is 84.1 Å². The molecule has 1 atom stereocenters. The third kappa shape index (κ3) is 3.22. The first-order chi connectivity index (χ1) is 8.36. The maximum absolute atomic E-state index is 12.5. The number of aliphatic hydroxyl groups is 1. The molecular formula is C10H13F3N4O. The smallest absolute Gasteiger partial charge is 0.391 e. The number of hydrogen-bond acceptors (Lipinski definition) is 5. The lowest BCUT2D eigenvalue weighted by Crippen LogP contribution is -2.22. The molecule has 1 aliphatic rings. The summed E-state index contributed by atoms with van der Waals surface area (Å²) in [4.78, 5) is 6.76. The SMILES string of the molecule is Nc1nc(NCC(O)C2CC2)cc(C(F)(F)F)n1. The Balaban J connectivity index is 2.05. The van der Waals surface area contributed by atoms with Gasteiger partial charge in [0, 0.05) is 12.6 Å². The highest BCUT2D eigenvalue weighted by atomic mass is 19.4. The molecule has 0 aromatic carbocycles. The largest absolute Gasteiger partial charge is 0.433 e. The molecule has 100 valence electrons. The highest BCUT2D eigenvalue weighted by Crippen LogP contribution is 2.33. The Morgan fingerprint density at radius 3 is 2.67 bits per heavy atom. The molecule has 4 N–H and O–H groups in total. The van der Waals surface area contributed by atoms with Crippen LogP contribution in [0.2, 0.25) is 0 Å². The Labute approximate surface area is 101 Å². The summed E-state index contributed by atoms with van der Waals surface area (Å²) in [5.41, 5.74) is 4.11. The van der Waals surface area contributed by atoms with E-state index >= 15 is 0 Å². The molecule has 1 aliphatic carbocycles. The van der Waals surface area contributed by atoms with Crippen LogP contribution < -0.4 is 11.1 Å². The average Bonchev–Trinajstić information content (AvgIpc) is 3.07. The zero-order valence-electron chi connectivity index (χ0n) is 9.41. The van der Waals surface area contributed by atoms with Crippen molar-refractivity contribution in [3.05, 3.63) is 11.8 Å². The summed E-state index contributed by atoms with van der Waals surface area (Å²) in [6.07, 6.45) is -3.25. The number of aromatic nitrogens is 2. The van der Waals surface area contributed by atoms with Crippen LogP contribution in [0.4, 0.5) is 24.9 Å². The van der Waals surface area contributed by atoms with Crippen molar-refractivity contribution in [2.45, 2.75) is 25.1 Å². The summed E-state index contributed by atoms with van der Waals surface area (Å²) in [6, 6.07) is 0.774. The van der Waals surface area contributed by atoms with Gasteiger partial charge in [0.15, 0.2) is 5.69 Å². The van der Waals surface area contributed by atoms with Crippen LogP contribution in [0, 0.1) is 5.92 Å². The first-order valence-corrected chi connectivity index (χ1v) is 5.50. The van der Waals surface area contributed by atoms with Gasteiger partial charge in [0.05, 0.1) is 6.10 Å². The number of alkyl halides is 3. The molecule has 0 bridgehead atoms. The Bertz CT molecular complexity index is 434. The average molecular weight is 262 g/mol. The van der Waals surface area contributed by atoms with Crippen molar-refractivity contribution in [1.82, 2.24) is 9.97 Å². The van der Waals surface area contributed by atoms with Crippen molar-refractivity contribution in [3.8, 4) is 0 Å². The van der Waals surface area contributed by atoms with E-state index in [2.05, 4.69) is 15.3 Å². The van der Waals surface area contributed by atoms with Crippen molar-refractivity contribution in [3.63, 3.8) is 0 Å². The first kappa shape index (κ1) is 12.9. The van der Waals surface area contributed by atoms with Crippen molar-refractivity contribution >= 4 is 11.8 Å². The number of aliphatic hydroxyl groups excluding tert-OH is 1. The van der Waals surface area contributed by atoms with Crippen LogP contribution in [-0.2, 0) is 6.18 Å². The van der Waals surface area contributed by atoms with E-state index in [1.54, 1.807) is 0 Å². The molecule has 1 aromatic heterocycles. The quantitative estimate of drug-likeness (QED) is 0.760. The van der Waals surface area contributed by atoms with Gasteiger partial charge in [-0.3, -0.25) is 0 Å². The first-order valence-electron chi connectivity index (χ1n) is 5.50. The fourth-order valence-corrected chi connectivity index (χ4v) is 1.56. The summed E-state index contributed by atoms with van der Waals surface area (Å²) < 4.78 is 37.4. The predicted molar refractivity (Wildman–Crippen MR) is 58.7 cm³/mol. The molecule has 1 heterocycles. The molecule has 18 heavy (non-hydrogen) atoms. The minimum absolute atomic E-state index is 0.0328. The monoisotopic (exact) mass is 262 g/mol. The molecule has 5 nitrogen and oxygen atoms in total. The summed E-state index contributed by atoms with van der Waals surface area (Å²) in [5.74, 6) is -0.249. The predicted octanol–water partition coefficient (Wildman–Crippen LogP) is 1.26. The maximum Gasteiger partial charge on any atom is 0.433 e. The van der Waals surface area contributed by atoms with E-state index in [9.17, 15) is 18.3 Å². The van der Waals surface area contributed by atoms with E-state index in [-0.39, 0.29) is 18.3 Å². The second kappa shape index (κ2) is 4.60. The highest BCUT2D eigenvalue weighted by Gasteiger charge is 2.34. The minimum Gasteiger partial charge on any atom is -0.391 e. The number of nitrogens with one attached hydrogen (secondary N) is 1. The molecule has 0 aliphatic heterocycles. The lowest BCUT2D eigenvalue weighted by atomic mass is 10.2. The summed E-state index contributed by atoms with van der Waals surface area (Å²) in [5, 5.41) is 12.2. The van der Waals surface area contributed by atoms with Crippen LogP contribution in [0.15, 0.2) is 6.07 Å². The summed E-state index contributed by atoms with van der Waals surface area (Å²) in [6.45, 7) is 0.151. The molecule has 8 heteroatoms. The van der Waals surface area contributed by atoms with E-state index in [1.165, 1.54) is 0 Å². The van der Waals surface area contributed by atoms with E-state index in [4.69, 9.17) is 5.73 Å². The number of anilines is 2. The van der Waals surface area contributed by atoms with Crippen LogP contribution >= 0.6 is 0 Å². The number of hydrogen-bond donors (Lipinski definition) is 3. The van der Waals surface area contributed by atoms with Crippen LogP contribution in [0.3, 0.4) is 0 Å². The molecule has 0 amide bonds. The lowest BCUT2D eigenvalue weighted by Gasteiger charge is -2.13. The number of rotatable bonds is 4. The zero-order valence-corrected chi connectivity index (χ0v) is 9.41. The standard InChI is InChI=1S/C10H13F3N4O/c11-10(12,13)7-3-8(17-9(14)16-7)15-4-6(18)5-1-2-5/h3,5-6,18H,1-2,4H2,(H3,14,15,16,17). The molecular weight excluding hydrogens is 249 g/mol. The van der Waals surface area contributed by atoms with Crippen molar-refractivity contribution in [2.75, 3.05) is 17.6 Å². The Hall–Kier alpha value is -1.57. The summed E-state index contributed by atoms with van der Waals surface area (Å²) in [7, 11) is 0. The van der Waals surface area contributed by atoms with Gasteiger partial charge in [0.25, 0.3) is 0 Å². The number of nitrogens with two attached hydrogens (primary N) is 1. The number of nitrogen functional groups attached to an aromatic ring is 1. The zero-order chi connectivity index (χ0) is 13.3. The Morgan fingerprint density at radius 2 is 2.11 bits per heavy atom. The Kier molecular flexibility index (Phi) is 3.29. The van der Waals surface area contributed by atoms with Gasteiger partial charge >= 0.3 is 6.18 Å². The molecule has 1 unspecified atom stereocenters. The van der Waals surface area contributed by atoms with Gasteiger partial charge in [0.2, 0.25) is 5.95 Å².